The number of methoxy groups -OCH3 is 1. The summed E-state index contributed by atoms with van der Waals surface area (Å²) in [7, 11) is 1.61. The van der Waals surface area contributed by atoms with Gasteiger partial charge in [0.2, 0.25) is 5.91 Å². The first-order valence-corrected chi connectivity index (χ1v) is 10.9. The summed E-state index contributed by atoms with van der Waals surface area (Å²) in [4.78, 5) is 42.4. The number of nitrogens with zero attached hydrogens (tertiary/aromatic N) is 2. The zero-order valence-electron chi connectivity index (χ0n) is 17.7. The molecule has 1 aliphatic rings. The van der Waals surface area contributed by atoms with E-state index in [1.807, 2.05) is 6.07 Å². The standard InChI is InChI=1S/C23H24N4O4S/c1-31-12-4-11-27-22(30)18-9-8-15(13-19(18)25-23(27)32)21(29)24-16-5-2-6-17(14-16)26-10-3-7-20(26)28/h2,5-6,8-9,13-14H,3-4,7,10-12H2,1H3,(H,24,29)(H,25,32). The molecule has 0 saturated carbocycles. The van der Waals surface area contributed by atoms with E-state index in [-0.39, 0.29) is 17.4 Å². The van der Waals surface area contributed by atoms with Crippen LogP contribution in [-0.4, -0.2) is 41.6 Å². The lowest BCUT2D eigenvalue weighted by Gasteiger charge is -2.17. The highest BCUT2D eigenvalue weighted by Gasteiger charge is 2.22. The monoisotopic (exact) mass is 452 g/mol. The van der Waals surface area contributed by atoms with Crippen molar-refractivity contribution in [2.24, 2.45) is 0 Å². The molecule has 2 amide bonds. The molecule has 166 valence electrons. The fourth-order valence-electron chi connectivity index (χ4n) is 3.84. The summed E-state index contributed by atoms with van der Waals surface area (Å²) in [6.07, 6.45) is 2.05. The average molecular weight is 453 g/mol. The Balaban J connectivity index is 1.57. The number of hydrogen-bond donors (Lipinski definition) is 2. The van der Waals surface area contributed by atoms with Gasteiger partial charge in [-0.25, -0.2) is 0 Å². The van der Waals surface area contributed by atoms with Crippen molar-refractivity contribution < 1.29 is 14.3 Å². The van der Waals surface area contributed by atoms with Crippen molar-refractivity contribution in [2.75, 3.05) is 30.5 Å². The van der Waals surface area contributed by atoms with E-state index in [9.17, 15) is 14.4 Å². The van der Waals surface area contributed by atoms with Crippen molar-refractivity contribution in [3.63, 3.8) is 0 Å². The number of benzene rings is 2. The van der Waals surface area contributed by atoms with E-state index in [4.69, 9.17) is 17.0 Å². The Bertz CT molecular complexity index is 1300. The number of anilines is 2. The molecule has 0 atom stereocenters. The van der Waals surface area contributed by atoms with Crippen LogP contribution < -0.4 is 15.8 Å². The van der Waals surface area contributed by atoms with Crippen LogP contribution in [-0.2, 0) is 16.1 Å². The Labute approximate surface area is 189 Å². The normalized spacial score (nSPS) is 13.7. The molecule has 0 aliphatic carbocycles. The molecule has 0 spiro atoms. The van der Waals surface area contributed by atoms with Crippen LogP contribution in [0.4, 0.5) is 11.4 Å². The van der Waals surface area contributed by atoms with E-state index in [1.54, 1.807) is 48.4 Å². The first kappa shape index (κ1) is 21.9. The molecule has 8 nitrogen and oxygen atoms in total. The number of amides is 2. The zero-order chi connectivity index (χ0) is 22.7. The summed E-state index contributed by atoms with van der Waals surface area (Å²) in [6.45, 7) is 1.67. The van der Waals surface area contributed by atoms with Crippen molar-refractivity contribution in [1.29, 1.82) is 0 Å². The molecule has 32 heavy (non-hydrogen) atoms. The molecule has 0 radical (unpaired) electrons. The third-order valence-electron chi connectivity index (χ3n) is 5.46. The molecule has 1 fully saturated rings. The lowest BCUT2D eigenvalue weighted by Crippen LogP contribution is -2.24. The van der Waals surface area contributed by atoms with Crippen LogP contribution in [0.15, 0.2) is 47.3 Å². The molecule has 4 rings (SSSR count). The van der Waals surface area contributed by atoms with Crippen LogP contribution in [0.5, 0.6) is 0 Å². The Kier molecular flexibility index (Phi) is 6.48. The van der Waals surface area contributed by atoms with Crippen LogP contribution in [0.25, 0.3) is 10.9 Å². The molecular weight excluding hydrogens is 428 g/mol. The van der Waals surface area contributed by atoms with E-state index >= 15 is 0 Å². The van der Waals surface area contributed by atoms with Gasteiger partial charge >= 0.3 is 0 Å². The maximum atomic E-state index is 12.8. The molecule has 3 aromatic rings. The van der Waals surface area contributed by atoms with Crippen LogP contribution in [0.1, 0.15) is 29.6 Å². The maximum Gasteiger partial charge on any atom is 0.262 e. The summed E-state index contributed by atoms with van der Waals surface area (Å²) in [5.74, 6) is -0.230. The average Bonchev–Trinajstić information content (AvgIpc) is 3.21. The Morgan fingerprint density at radius 2 is 2.06 bits per heavy atom. The number of ether oxygens (including phenoxy) is 1. The topological polar surface area (TPSA) is 96.4 Å². The van der Waals surface area contributed by atoms with E-state index in [1.165, 1.54) is 4.57 Å². The van der Waals surface area contributed by atoms with Gasteiger partial charge < -0.3 is 19.9 Å². The smallest absolute Gasteiger partial charge is 0.262 e. The molecule has 2 N–H and O–H groups in total. The van der Waals surface area contributed by atoms with Gasteiger partial charge in [0.05, 0.1) is 10.9 Å². The van der Waals surface area contributed by atoms with Gasteiger partial charge in [0.15, 0.2) is 4.77 Å². The highest BCUT2D eigenvalue weighted by molar-refractivity contribution is 7.71. The molecule has 0 unspecified atom stereocenters. The van der Waals surface area contributed by atoms with E-state index in [0.29, 0.717) is 59.5 Å². The van der Waals surface area contributed by atoms with Gasteiger partial charge in [0.25, 0.3) is 11.5 Å². The lowest BCUT2D eigenvalue weighted by atomic mass is 10.1. The summed E-state index contributed by atoms with van der Waals surface area (Å²) >= 11 is 5.34. The quantitative estimate of drug-likeness (QED) is 0.423. The van der Waals surface area contributed by atoms with Gasteiger partial charge in [0.1, 0.15) is 0 Å². The van der Waals surface area contributed by atoms with Crippen LogP contribution >= 0.6 is 12.2 Å². The first-order chi connectivity index (χ1) is 15.5. The third kappa shape index (κ3) is 4.49. The number of hydrogen-bond acceptors (Lipinski definition) is 5. The molecule has 2 heterocycles. The number of nitrogens with one attached hydrogen (secondary N) is 2. The highest BCUT2D eigenvalue weighted by atomic mass is 32.1. The minimum Gasteiger partial charge on any atom is -0.385 e. The summed E-state index contributed by atoms with van der Waals surface area (Å²) in [5, 5.41) is 3.32. The highest BCUT2D eigenvalue weighted by Crippen LogP contribution is 2.24. The number of carbonyl (C=O) groups excluding carboxylic acids is 2. The molecular formula is C23H24N4O4S. The van der Waals surface area contributed by atoms with Gasteiger partial charge in [-0.1, -0.05) is 6.07 Å². The van der Waals surface area contributed by atoms with Gasteiger partial charge in [-0.2, -0.15) is 0 Å². The number of rotatable bonds is 7. The summed E-state index contributed by atoms with van der Waals surface area (Å²) in [5.41, 5.74) is 2.06. The molecule has 2 aromatic carbocycles. The predicted octanol–water partition coefficient (Wildman–Crippen LogP) is 3.47. The Morgan fingerprint density at radius 3 is 2.81 bits per heavy atom. The van der Waals surface area contributed by atoms with Gasteiger partial charge in [-0.15, -0.1) is 0 Å². The minimum absolute atomic E-state index is 0.0890. The molecule has 0 bridgehead atoms. The molecule has 9 heteroatoms. The van der Waals surface area contributed by atoms with E-state index in [2.05, 4.69) is 10.3 Å². The number of carbonyl (C=O) groups is 2. The van der Waals surface area contributed by atoms with Crippen LogP contribution in [0.3, 0.4) is 0 Å². The predicted molar refractivity (Wildman–Crippen MR) is 126 cm³/mol. The van der Waals surface area contributed by atoms with Crippen molar-refractivity contribution in [3.8, 4) is 0 Å². The lowest BCUT2D eigenvalue weighted by molar-refractivity contribution is -0.117. The van der Waals surface area contributed by atoms with Crippen molar-refractivity contribution in [2.45, 2.75) is 25.8 Å². The van der Waals surface area contributed by atoms with Crippen molar-refractivity contribution in [1.82, 2.24) is 9.55 Å². The summed E-state index contributed by atoms with van der Waals surface area (Å²) in [6, 6.07) is 12.1. The molecule has 1 saturated heterocycles. The first-order valence-electron chi connectivity index (χ1n) is 10.5. The van der Waals surface area contributed by atoms with E-state index < -0.39 is 0 Å². The number of aromatic amines is 1. The number of fused-ring (bicyclic) bond motifs is 1. The van der Waals surface area contributed by atoms with Gasteiger partial charge in [-0.05, 0) is 61.5 Å². The van der Waals surface area contributed by atoms with Gasteiger partial charge in [0, 0.05) is 50.2 Å². The maximum absolute atomic E-state index is 12.8. The number of aromatic nitrogens is 2. The molecule has 1 aromatic heterocycles. The Morgan fingerprint density at radius 1 is 1.22 bits per heavy atom. The van der Waals surface area contributed by atoms with Crippen LogP contribution in [0, 0.1) is 4.77 Å². The van der Waals surface area contributed by atoms with Crippen molar-refractivity contribution in [3.05, 3.63) is 63.2 Å². The molecule has 1 aliphatic heterocycles. The second kappa shape index (κ2) is 9.46. The zero-order valence-corrected chi connectivity index (χ0v) is 18.5. The third-order valence-corrected chi connectivity index (χ3v) is 5.79. The second-order valence-corrected chi connectivity index (χ2v) is 8.03. The van der Waals surface area contributed by atoms with Crippen LogP contribution in [0.2, 0.25) is 0 Å². The fraction of sp³-hybridized carbons (Fsp3) is 0.304. The SMILES string of the molecule is COCCCn1c(=S)[nH]c2cc(C(=O)Nc3cccc(N4CCCC4=O)c3)ccc2c1=O. The second-order valence-electron chi connectivity index (χ2n) is 7.65. The fourth-order valence-corrected chi connectivity index (χ4v) is 4.13. The van der Waals surface area contributed by atoms with Crippen molar-refractivity contribution >= 4 is 46.3 Å². The van der Waals surface area contributed by atoms with Gasteiger partial charge in [-0.3, -0.25) is 19.0 Å². The largest absolute Gasteiger partial charge is 0.385 e. The Hall–Kier alpha value is -3.30. The van der Waals surface area contributed by atoms with E-state index in [0.717, 1.165) is 12.1 Å². The summed E-state index contributed by atoms with van der Waals surface area (Å²) < 4.78 is 6.85. The minimum atomic E-state index is -0.319. The number of H-pyrrole nitrogens is 1.